The highest BCUT2D eigenvalue weighted by atomic mass is 35.5. The van der Waals surface area contributed by atoms with Crippen molar-refractivity contribution in [1.29, 1.82) is 0 Å². The Morgan fingerprint density at radius 3 is 2.58 bits per heavy atom. The second kappa shape index (κ2) is 5.91. The molecule has 0 heterocycles. The molecule has 0 saturated carbocycles. The molecule has 98 valence electrons. The third-order valence-electron chi connectivity index (χ3n) is 2.59. The van der Waals surface area contributed by atoms with E-state index in [1.54, 1.807) is 19.2 Å². The lowest BCUT2D eigenvalue weighted by atomic mass is 10.2. The molecule has 0 aromatic heterocycles. The zero-order chi connectivity index (χ0) is 13.8. The van der Waals surface area contributed by atoms with Crippen molar-refractivity contribution in [3.05, 3.63) is 53.1 Å². The van der Waals surface area contributed by atoms with Crippen molar-refractivity contribution in [1.82, 2.24) is 0 Å². The van der Waals surface area contributed by atoms with E-state index in [4.69, 9.17) is 34.3 Å². The van der Waals surface area contributed by atoms with E-state index in [1.807, 2.05) is 30.3 Å². The number of benzene rings is 2. The van der Waals surface area contributed by atoms with Crippen LogP contribution in [0.25, 0.3) is 0 Å². The molecule has 19 heavy (non-hydrogen) atoms. The number of thiocarbonyl (C=S) groups is 1. The Hall–Kier alpha value is -1.78. The predicted molar refractivity (Wildman–Crippen MR) is 83.6 cm³/mol. The van der Waals surface area contributed by atoms with Gasteiger partial charge < -0.3 is 15.8 Å². The maximum atomic E-state index is 6.12. The van der Waals surface area contributed by atoms with Crippen LogP contribution in [0.4, 0.5) is 11.4 Å². The van der Waals surface area contributed by atoms with Gasteiger partial charge in [-0.05, 0) is 30.3 Å². The first-order chi connectivity index (χ1) is 9.10. The van der Waals surface area contributed by atoms with E-state index in [1.165, 1.54) is 0 Å². The van der Waals surface area contributed by atoms with Gasteiger partial charge >= 0.3 is 0 Å². The minimum absolute atomic E-state index is 0.290. The lowest BCUT2D eigenvalue weighted by Gasteiger charge is -2.10. The van der Waals surface area contributed by atoms with Gasteiger partial charge in [-0.1, -0.05) is 29.9 Å². The number of ether oxygens (including phenoxy) is 1. The van der Waals surface area contributed by atoms with E-state index < -0.39 is 0 Å². The molecule has 3 N–H and O–H groups in total. The fraction of sp³-hybridized carbons (Fsp3) is 0.0714. The van der Waals surface area contributed by atoms with Crippen LogP contribution < -0.4 is 15.8 Å². The summed E-state index contributed by atoms with van der Waals surface area (Å²) in [5.41, 5.74) is 8.01. The van der Waals surface area contributed by atoms with Crippen molar-refractivity contribution >= 4 is 40.2 Å². The minimum atomic E-state index is 0.290. The average molecular weight is 293 g/mol. The van der Waals surface area contributed by atoms with Gasteiger partial charge in [0.25, 0.3) is 0 Å². The van der Waals surface area contributed by atoms with Crippen LogP contribution in [0.5, 0.6) is 5.75 Å². The number of rotatable bonds is 4. The summed E-state index contributed by atoms with van der Waals surface area (Å²) < 4.78 is 5.17. The summed E-state index contributed by atoms with van der Waals surface area (Å²) in [7, 11) is 1.63. The first-order valence-electron chi connectivity index (χ1n) is 5.60. The Kier molecular flexibility index (Phi) is 4.24. The van der Waals surface area contributed by atoms with E-state index in [9.17, 15) is 0 Å². The van der Waals surface area contributed by atoms with E-state index in [0.29, 0.717) is 10.6 Å². The monoisotopic (exact) mass is 292 g/mol. The summed E-state index contributed by atoms with van der Waals surface area (Å²) >= 11 is 11.0. The van der Waals surface area contributed by atoms with E-state index >= 15 is 0 Å². The van der Waals surface area contributed by atoms with Gasteiger partial charge in [-0.25, -0.2) is 0 Å². The van der Waals surface area contributed by atoms with Crippen molar-refractivity contribution in [3.8, 4) is 5.75 Å². The van der Waals surface area contributed by atoms with Crippen LogP contribution in [0.1, 0.15) is 5.56 Å². The largest absolute Gasteiger partial charge is 0.497 e. The van der Waals surface area contributed by atoms with Crippen LogP contribution in [0, 0.1) is 0 Å². The Morgan fingerprint density at radius 2 is 1.95 bits per heavy atom. The quantitative estimate of drug-likeness (QED) is 0.843. The Bertz CT molecular complexity index is 616. The van der Waals surface area contributed by atoms with Gasteiger partial charge in [0.15, 0.2) is 0 Å². The molecule has 2 rings (SSSR count). The molecule has 0 aliphatic heterocycles. The van der Waals surface area contributed by atoms with Gasteiger partial charge in [0.1, 0.15) is 10.7 Å². The Labute approximate surface area is 122 Å². The number of hydrogen-bond donors (Lipinski definition) is 2. The maximum absolute atomic E-state index is 6.12. The molecular formula is C14H13ClN2OS. The minimum Gasteiger partial charge on any atom is -0.497 e. The molecule has 0 bridgehead atoms. The van der Waals surface area contributed by atoms with Crippen molar-refractivity contribution in [2.45, 2.75) is 0 Å². The molecule has 0 saturated heterocycles. The van der Waals surface area contributed by atoms with Gasteiger partial charge in [-0.2, -0.15) is 0 Å². The van der Waals surface area contributed by atoms with Crippen molar-refractivity contribution in [2.24, 2.45) is 5.73 Å². The van der Waals surface area contributed by atoms with Crippen molar-refractivity contribution < 1.29 is 4.74 Å². The first-order valence-corrected chi connectivity index (χ1v) is 6.39. The molecule has 0 fully saturated rings. The van der Waals surface area contributed by atoms with Crippen LogP contribution >= 0.6 is 23.8 Å². The SMILES string of the molecule is COc1cccc(Nc2ccc(C(N)=S)c(Cl)c2)c1. The summed E-state index contributed by atoms with van der Waals surface area (Å²) in [6.45, 7) is 0. The average Bonchev–Trinajstić information content (AvgIpc) is 2.38. The summed E-state index contributed by atoms with van der Waals surface area (Å²) in [5.74, 6) is 0.788. The smallest absolute Gasteiger partial charge is 0.120 e. The molecule has 5 heteroatoms. The Balaban J connectivity index is 2.23. The van der Waals surface area contributed by atoms with Crippen LogP contribution in [-0.4, -0.2) is 12.1 Å². The van der Waals surface area contributed by atoms with Gasteiger partial charge in [0, 0.05) is 23.0 Å². The first kappa shape index (κ1) is 13.6. The van der Waals surface area contributed by atoms with E-state index in [-0.39, 0.29) is 4.99 Å². The van der Waals surface area contributed by atoms with Crippen LogP contribution in [0.3, 0.4) is 0 Å². The summed E-state index contributed by atoms with van der Waals surface area (Å²) in [5, 5.41) is 3.77. The zero-order valence-corrected chi connectivity index (χ0v) is 11.9. The van der Waals surface area contributed by atoms with E-state index in [2.05, 4.69) is 5.32 Å². The second-order valence-corrected chi connectivity index (χ2v) is 4.76. The highest BCUT2D eigenvalue weighted by Crippen LogP contribution is 2.25. The topological polar surface area (TPSA) is 47.3 Å². The highest BCUT2D eigenvalue weighted by molar-refractivity contribution is 7.80. The molecular weight excluding hydrogens is 280 g/mol. The summed E-state index contributed by atoms with van der Waals surface area (Å²) in [6, 6.07) is 13.1. The highest BCUT2D eigenvalue weighted by Gasteiger charge is 2.04. The van der Waals surface area contributed by atoms with Crippen LogP contribution in [0.2, 0.25) is 5.02 Å². The van der Waals surface area contributed by atoms with Crippen LogP contribution in [-0.2, 0) is 0 Å². The third kappa shape index (κ3) is 3.36. The fourth-order valence-electron chi connectivity index (χ4n) is 1.66. The number of hydrogen-bond acceptors (Lipinski definition) is 3. The van der Waals surface area contributed by atoms with Crippen molar-refractivity contribution in [3.63, 3.8) is 0 Å². The number of nitrogens with one attached hydrogen (secondary N) is 1. The lowest BCUT2D eigenvalue weighted by Crippen LogP contribution is -2.09. The van der Waals surface area contributed by atoms with Gasteiger partial charge in [-0.15, -0.1) is 0 Å². The number of nitrogens with two attached hydrogens (primary N) is 1. The normalized spacial score (nSPS) is 10.0. The molecule has 0 atom stereocenters. The van der Waals surface area contributed by atoms with Crippen molar-refractivity contribution in [2.75, 3.05) is 12.4 Å². The molecule has 0 spiro atoms. The maximum Gasteiger partial charge on any atom is 0.120 e. The number of methoxy groups -OCH3 is 1. The molecule has 0 amide bonds. The predicted octanol–water partition coefficient (Wildman–Crippen LogP) is 3.73. The van der Waals surface area contributed by atoms with Gasteiger partial charge in [0.05, 0.1) is 12.1 Å². The lowest BCUT2D eigenvalue weighted by molar-refractivity contribution is 0.415. The number of anilines is 2. The number of halogens is 1. The zero-order valence-electron chi connectivity index (χ0n) is 10.3. The molecule has 2 aromatic carbocycles. The fourth-order valence-corrected chi connectivity index (χ4v) is 2.18. The third-order valence-corrected chi connectivity index (χ3v) is 3.13. The van der Waals surface area contributed by atoms with E-state index in [0.717, 1.165) is 17.1 Å². The van der Waals surface area contributed by atoms with Gasteiger partial charge in [0.2, 0.25) is 0 Å². The molecule has 3 nitrogen and oxygen atoms in total. The van der Waals surface area contributed by atoms with Crippen LogP contribution in [0.15, 0.2) is 42.5 Å². The standard InChI is InChI=1S/C14H13ClN2OS/c1-18-11-4-2-3-9(7-11)17-10-5-6-12(14(16)19)13(15)8-10/h2-8,17H,1H3,(H2,16,19). The van der Waals surface area contributed by atoms with Gasteiger partial charge in [-0.3, -0.25) is 0 Å². The molecule has 0 aliphatic carbocycles. The second-order valence-electron chi connectivity index (χ2n) is 3.92. The molecule has 2 aromatic rings. The molecule has 0 aliphatic rings. The molecule has 0 unspecified atom stereocenters. The summed E-state index contributed by atoms with van der Waals surface area (Å²) in [4.78, 5) is 0.290. The Morgan fingerprint density at radius 1 is 1.21 bits per heavy atom. The summed E-state index contributed by atoms with van der Waals surface area (Å²) in [6.07, 6.45) is 0. The molecule has 0 radical (unpaired) electrons.